The summed E-state index contributed by atoms with van der Waals surface area (Å²) in [5.74, 6) is -0.116. The third kappa shape index (κ3) is 4.28. The number of carbonyl (C=O) groups is 1. The van der Waals surface area contributed by atoms with Crippen molar-refractivity contribution in [3.63, 3.8) is 0 Å². The van der Waals surface area contributed by atoms with Gasteiger partial charge < -0.3 is 9.64 Å². The summed E-state index contributed by atoms with van der Waals surface area (Å²) in [5.41, 5.74) is -0.399. The Labute approximate surface area is 105 Å². The van der Waals surface area contributed by atoms with Crippen LogP contribution in [0.2, 0.25) is 0 Å². The van der Waals surface area contributed by atoms with Crippen LogP contribution in [0.15, 0.2) is 0 Å². The molecular formula is C13H26N2O2. The first kappa shape index (κ1) is 14.5. The molecular weight excluding hydrogens is 216 g/mol. The minimum absolute atomic E-state index is 0.116. The Hall–Kier alpha value is -0.610. The maximum Gasteiger partial charge on any atom is 0.323 e. The molecule has 1 fully saturated rings. The Morgan fingerprint density at radius 3 is 2.41 bits per heavy atom. The van der Waals surface area contributed by atoms with E-state index in [4.69, 9.17) is 4.74 Å². The third-order valence-corrected chi connectivity index (χ3v) is 3.29. The topological polar surface area (TPSA) is 32.8 Å². The first-order valence-corrected chi connectivity index (χ1v) is 6.38. The first-order valence-electron chi connectivity index (χ1n) is 6.38. The van der Waals surface area contributed by atoms with E-state index in [1.807, 2.05) is 27.7 Å². The zero-order chi connectivity index (χ0) is 13.2. The standard InChI is InChI=1S/C13H26N2O2/c1-10-9-15(8-7-14(10)6)11(2)12(16)17-13(3,4)5/h10-11H,7-9H2,1-6H3. The molecule has 0 saturated carbocycles. The van der Waals surface area contributed by atoms with E-state index in [9.17, 15) is 4.79 Å². The zero-order valence-corrected chi connectivity index (χ0v) is 12.0. The van der Waals surface area contributed by atoms with Crippen molar-refractivity contribution >= 4 is 5.97 Å². The van der Waals surface area contributed by atoms with E-state index in [1.54, 1.807) is 0 Å². The molecule has 17 heavy (non-hydrogen) atoms. The number of likely N-dealkylation sites (N-methyl/N-ethyl adjacent to an activating group) is 1. The molecule has 0 aromatic heterocycles. The van der Waals surface area contributed by atoms with E-state index in [0.717, 1.165) is 19.6 Å². The van der Waals surface area contributed by atoms with Crippen molar-refractivity contribution in [2.45, 2.75) is 52.3 Å². The summed E-state index contributed by atoms with van der Waals surface area (Å²) in [5, 5.41) is 0. The Balaban J connectivity index is 2.53. The van der Waals surface area contributed by atoms with Gasteiger partial charge in [0.05, 0.1) is 0 Å². The fraction of sp³-hybridized carbons (Fsp3) is 0.923. The van der Waals surface area contributed by atoms with Gasteiger partial charge >= 0.3 is 5.97 Å². The lowest BCUT2D eigenvalue weighted by molar-refractivity contribution is -0.161. The Kier molecular flexibility index (Phi) is 4.55. The van der Waals surface area contributed by atoms with Gasteiger partial charge in [-0.05, 0) is 41.7 Å². The average Bonchev–Trinajstić information content (AvgIpc) is 2.18. The van der Waals surface area contributed by atoms with Crippen molar-refractivity contribution in [2.24, 2.45) is 0 Å². The maximum absolute atomic E-state index is 12.0. The van der Waals surface area contributed by atoms with Gasteiger partial charge in [0, 0.05) is 25.7 Å². The van der Waals surface area contributed by atoms with Crippen molar-refractivity contribution < 1.29 is 9.53 Å². The van der Waals surface area contributed by atoms with Crippen LogP contribution < -0.4 is 0 Å². The molecule has 0 bridgehead atoms. The Bertz CT molecular complexity index is 273. The van der Waals surface area contributed by atoms with Crippen LogP contribution in [-0.2, 0) is 9.53 Å². The van der Waals surface area contributed by atoms with Gasteiger partial charge in [0.1, 0.15) is 11.6 Å². The largest absolute Gasteiger partial charge is 0.459 e. The SMILES string of the molecule is CC1CN(C(C)C(=O)OC(C)(C)C)CCN1C. The highest BCUT2D eigenvalue weighted by Gasteiger charge is 2.30. The van der Waals surface area contributed by atoms with Gasteiger partial charge in [-0.15, -0.1) is 0 Å². The van der Waals surface area contributed by atoms with Crippen LogP contribution in [0.25, 0.3) is 0 Å². The van der Waals surface area contributed by atoms with E-state index in [2.05, 4.69) is 23.8 Å². The third-order valence-electron chi connectivity index (χ3n) is 3.29. The summed E-state index contributed by atoms with van der Waals surface area (Å²) < 4.78 is 5.42. The van der Waals surface area contributed by atoms with Crippen LogP contribution in [0.1, 0.15) is 34.6 Å². The van der Waals surface area contributed by atoms with Crippen molar-refractivity contribution in [2.75, 3.05) is 26.7 Å². The van der Waals surface area contributed by atoms with E-state index < -0.39 is 5.60 Å². The molecule has 4 heteroatoms. The molecule has 0 amide bonds. The van der Waals surface area contributed by atoms with Gasteiger partial charge in [-0.25, -0.2) is 0 Å². The second kappa shape index (κ2) is 5.36. The fourth-order valence-corrected chi connectivity index (χ4v) is 1.96. The number of piperazine rings is 1. The quantitative estimate of drug-likeness (QED) is 0.684. The van der Waals surface area contributed by atoms with E-state index in [0.29, 0.717) is 6.04 Å². The summed E-state index contributed by atoms with van der Waals surface area (Å²) in [6, 6.07) is 0.346. The summed E-state index contributed by atoms with van der Waals surface area (Å²) >= 11 is 0. The molecule has 0 aromatic rings. The second-order valence-electron chi connectivity index (χ2n) is 6.03. The molecule has 100 valence electrons. The van der Waals surface area contributed by atoms with Crippen molar-refractivity contribution in [1.82, 2.24) is 9.80 Å². The van der Waals surface area contributed by atoms with Crippen LogP contribution in [0.3, 0.4) is 0 Å². The van der Waals surface area contributed by atoms with Crippen molar-refractivity contribution in [3.05, 3.63) is 0 Å². The van der Waals surface area contributed by atoms with E-state index in [-0.39, 0.29) is 12.0 Å². The second-order valence-corrected chi connectivity index (χ2v) is 6.03. The Morgan fingerprint density at radius 2 is 1.94 bits per heavy atom. The number of rotatable bonds is 2. The predicted octanol–water partition coefficient (Wildman–Crippen LogP) is 1.35. The molecule has 0 spiro atoms. The summed E-state index contributed by atoms with van der Waals surface area (Å²) in [6.45, 7) is 12.7. The minimum Gasteiger partial charge on any atom is -0.459 e. The molecule has 1 aliphatic rings. The molecule has 1 saturated heterocycles. The van der Waals surface area contributed by atoms with Gasteiger partial charge in [-0.2, -0.15) is 0 Å². The van der Waals surface area contributed by atoms with E-state index in [1.165, 1.54) is 0 Å². The Morgan fingerprint density at radius 1 is 1.35 bits per heavy atom. The van der Waals surface area contributed by atoms with Gasteiger partial charge in [0.15, 0.2) is 0 Å². The van der Waals surface area contributed by atoms with Crippen LogP contribution in [-0.4, -0.2) is 60.1 Å². The number of nitrogens with zero attached hydrogens (tertiary/aromatic N) is 2. The lowest BCUT2D eigenvalue weighted by atomic mass is 10.1. The molecule has 0 aromatic carbocycles. The lowest BCUT2D eigenvalue weighted by Gasteiger charge is -2.40. The lowest BCUT2D eigenvalue weighted by Crippen LogP contribution is -2.55. The highest BCUT2D eigenvalue weighted by Crippen LogP contribution is 2.14. The average molecular weight is 242 g/mol. The van der Waals surface area contributed by atoms with Gasteiger partial charge in [0.25, 0.3) is 0 Å². The number of hydrogen-bond donors (Lipinski definition) is 0. The maximum atomic E-state index is 12.0. The summed E-state index contributed by atoms with van der Waals surface area (Å²) in [7, 11) is 2.13. The predicted molar refractivity (Wildman–Crippen MR) is 69.0 cm³/mol. The van der Waals surface area contributed by atoms with Gasteiger partial charge in [-0.3, -0.25) is 9.69 Å². The highest BCUT2D eigenvalue weighted by atomic mass is 16.6. The van der Waals surface area contributed by atoms with Crippen molar-refractivity contribution in [3.8, 4) is 0 Å². The highest BCUT2D eigenvalue weighted by molar-refractivity contribution is 5.75. The van der Waals surface area contributed by atoms with Crippen molar-refractivity contribution in [1.29, 1.82) is 0 Å². The van der Waals surface area contributed by atoms with Crippen LogP contribution in [0.4, 0.5) is 0 Å². The van der Waals surface area contributed by atoms with E-state index >= 15 is 0 Å². The first-order chi connectivity index (χ1) is 7.70. The van der Waals surface area contributed by atoms with Crippen LogP contribution in [0.5, 0.6) is 0 Å². The number of ether oxygens (including phenoxy) is 1. The molecule has 0 aliphatic carbocycles. The van der Waals surface area contributed by atoms with Crippen LogP contribution in [0, 0.1) is 0 Å². The smallest absolute Gasteiger partial charge is 0.323 e. The molecule has 1 aliphatic heterocycles. The molecule has 2 unspecified atom stereocenters. The molecule has 1 heterocycles. The number of esters is 1. The normalized spacial score (nSPS) is 25.6. The fourth-order valence-electron chi connectivity index (χ4n) is 1.96. The zero-order valence-electron chi connectivity index (χ0n) is 12.0. The molecule has 0 radical (unpaired) electrons. The number of hydrogen-bond acceptors (Lipinski definition) is 4. The van der Waals surface area contributed by atoms with Gasteiger partial charge in [0.2, 0.25) is 0 Å². The molecule has 1 rings (SSSR count). The molecule has 0 N–H and O–H groups in total. The van der Waals surface area contributed by atoms with Crippen LogP contribution >= 0.6 is 0 Å². The summed E-state index contributed by atoms with van der Waals surface area (Å²) in [4.78, 5) is 16.5. The molecule has 2 atom stereocenters. The monoisotopic (exact) mass is 242 g/mol. The number of carbonyl (C=O) groups excluding carboxylic acids is 1. The minimum atomic E-state index is -0.399. The van der Waals surface area contributed by atoms with Gasteiger partial charge in [-0.1, -0.05) is 0 Å². The molecule has 4 nitrogen and oxygen atoms in total. The summed E-state index contributed by atoms with van der Waals surface area (Å²) in [6.07, 6.45) is 0.